The third-order valence-electron chi connectivity index (χ3n) is 4.83. The molecule has 0 amide bonds. The fraction of sp³-hybridized carbons (Fsp3) is 0.409. The predicted molar refractivity (Wildman–Crippen MR) is 112 cm³/mol. The van der Waals surface area contributed by atoms with Gasteiger partial charge in [-0.1, -0.05) is 48.5 Å². The highest BCUT2D eigenvalue weighted by Crippen LogP contribution is 2.22. The summed E-state index contributed by atoms with van der Waals surface area (Å²) in [6.45, 7) is 0.881. The Bertz CT molecular complexity index is 907. The van der Waals surface area contributed by atoms with Crippen molar-refractivity contribution in [3.8, 4) is 5.75 Å². The lowest BCUT2D eigenvalue weighted by atomic mass is 9.96. The van der Waals surface area contributed by atoms with Gasteiger partial charge >= 0.3 is 16.5 Å². The molecule has 1 aliphatic rings. The standard InChI is InChI=1S/C15H19NO5S.C7H8O/c17-15(18)14-13(8-4-5-9-16(14)22(19)20)11-21-10-12-6-2-1-3-7-12;1-8-7-5-3-2-4-6-7/h1-3,6-7,13-14H,4-5,8-11H2;2-6H,1H3/p+1. The van der Waals surface area contributed by atoms with Crippen LogP contribution in [-0.2, 0) is 26.6 Å². The molecule has 1 aliphatic heterocycles. The van der Waals surface area contributed by atoms with Crippen molar-refractivity contribution in [2.45, 2.75) is 31.9 Å². The second kappa shape index (κ2) is 12.8. The number of ether oxygens (including phenoxy) is 2. The zero-order valence-corrected chi connectivity index (χ0v) is 17.8. The summed E-state index contributed by atoms with van der Waals surface area (Å²) in [7, 11) is -0.867. The third kappa shape index (κ3) is 7.61. The van der Waals surface area contributed by atoms with Gasteiger partial charge in [0.25, 0.3) is 6.04 Å². The topological polar surface area (TPSA) is 92.9 Å². The molecule has 0 aromatic heterocycles. The van der Waals surface area contributed by atoms with E-state index in [1.807, 2.05) is 60.7 Å². The van der Waals surface area contributed by atoms with Crippen LogP contribution in [0.25, 0.3) is 0 Å². The molecule has 8 heteroatoms. The average molecular weight is 435 g/mol. The van der Waals surface area contributed by atoms with Gasteiger partial charge in [-0.25, -0.2) is 4.79 Å². The van der Waals surface area contributed by atoms with E-state index in [1.54, 1.807) is 7.11 Å². The van der Waals surface area contributed by atoms with E-state index in [0.717, 1.165) is 21.7 Å². The van der Waals surface area contributed by atoms with Crippen molar-refractivity contribution in [2.24, 2.45) is 5.92 Å². The van der Waals surface area contributed by atoms with Gasteiger partial charge < -0.3 is 14.6 Å². The molecule has 2 aromatic carbocycles. The number of nitrogens with zero attached hydrogens (tertiary/aromatic N) is 1. The summed E-state index contributed by atoms with van der Waals surface area (Å²) >= 11 is 0. The molecule has 1 N–H and O–H groups in total. The van der Waals surface area contributed by atoms with Crippen LogP contribution in [0, 0.1) is 5.92 Å². The van der Waals surface area contributed by atoms with Gasteiger partial charge in [-0.05, 0) is 30.5 Å². The van der Waals surface area contributed by atoms with Gasteiger partial charge in [0.15, 0.2) is 6.54 Å². The Hall–Kier alpha value is -2.71. The predicted octanol–water partition coefficient (Wildman–Crippen LogP) is 3.23. The zero-order chi connectivity index (χ0) is 21.8. The van der Waals surface area contributed by atoms with Crippen LogP contribution < -0.4 is 4.74 Å². The summed E-state index contributed by atoms with van der Waals surface area (Å²) in [5.74, 6) is -0.534. The van der Waals surface area contributed by atoms with Gasteiger partial charge in [0.1, 0.15) is 5.75 Å². The van der Waals surface area contributed by atoms with Gasteiger partial charge in [0, 0.05) is 6.42 Å². The Balaban J connectivity index is 0.000000335. The number of hydrogen-bond donors (Lipinski definition) is 1. The summed E-state index contributed by atoms with van der Waals surface area (Å²) < 4.78 is 34.1. The molecule has 0 aliphatic carbocycles. The highest BCUT2D eigenvalue weighted by Gasteiger charge is 2.41. The molecular weight excluding hydrogens is 406 g/mol. The summed E-state index contributed by atoms with van der Waals surface area (Å²) in [5, 5.41) is 9.40. The Morgan fingerprint density at radius 3 is 2.23 bits per heavy atom. The first-order valence-corrected chi connectivity index (χ1v) is 10.9. The molecule has 3 rings (SSSR count). The molecule has 1 heterocycles. The first kappa shape index (κ1) is 23.6. The van der Waals surface area contributed by atoms with E-state index in [9.17, 15) is 18.3 Å². The number of carboxylic acids is 1. The molecule has 1 saturated heterocycles. The van der Waals surface area contributed by atoms with E-state index in [-0.39, 0.29) is 19.1 Å². The maximum absolute atomic E-state index is 11.5. The maximum Gasteiger partial charge on any atom is 0.459 e. The third-order valence-corrected chi connectivity index (χ3v) is 5.62. The van der Waals surface area contributed by atoms with Crippen molar-refractivity contribution in [3.63, 3.8) is 0 Å². The summed E-state index contributed by atoms with van der Waals surface area (Å²) in [4.78, 5) is 11.5. The minimum atomic E-state index is -2.53. The molecule has 0 radical (unpaired) electrons. The molecule has 2 atom stereocenters. The Kier molecular flexibility index (Phi) is 10.0. The molecule has 30 heavy (non-hydrogen) atoms. The largest absolute Gasteiger partial charge is 0.497 e. The average Bonchev–Trinajstić information content (AvgIpc) is 2.98. The van der Waals surface area contributed by atoms with Gasteiger partial charge in [0.05, 0.1) is 26.2 Å². The van der Waals surface area contributed by atoms with Crippen molar-refractivity contribution in [1.82, 2.24) is 0 Å². The fourth-order valence-corrected chi connectivity index (χ4v) is 4.06. The van der Waals surface area contributed by atoms with E-state index < -0.39 is 22.5 Å². The lowest BCUT2D eigenvalue weighted by molar-refractivity contribution is -0.538. The van der Waals surface area contributed by atoms with E-state index >= 15 is 0 Å². The molecule has 2 unspecified atom stereocenters. The molecule has 1 fully saturated rings. The number of methoxy groups -OCH3 is 1. The highest BCUT2D eigenvalue weighted by molar-refractivity contribution is 7.58. The molecule has 7 nitrogen and oxygen atoms in total. The smallest absolute Gasteiger partial charge is 0.459 e. The lowest BCUT2D eigenvalue weighted by Gasteiger charge is -2.17. The SMILES string of the molecule is COc1ccccc1.O=C(O)C1C(COCc2ccccc2)CCCC[N+]1=S(=O)=O. The Morgan fingerprint density at radius 2 is 1.70 bits per heavy atom. The molecule has 0 bridgehead atoms. The van der Waals surface area contributed by atoms with E-state index in [2.05, 4.69) is 0 Å². The minimum absolute atomic E-state index is 0.236. The normalized spacial score (nSPS) is 18.5. The van der Waals surface area contributed by atoms with Crippen LogP contribution in [-0.4, -0.2) is 49.7 Å². The van der Waals surface area contributed by atoms with Crippen LogP contribution in [0.3, 0.4) is 0 Å². The minimum Gasteiger partial charge on any atom is -0.497 e. The molecule has 0 spiro atoms. The number of rotatable bonds is 6. The van der Waals surface area contributed by atoms with Crippen LogP contribution in [0.15, 0.2) is 60.7 Å². The van der Waals surface area contributed by atoms with Gasteiger partial charge in [-0.15, -0.1) is 12.4 Å². The monoisotopic (exact) mass is 434 g/mol. The number of aliphatic carboxylic acids is 1. The summed E-state index contributed by atoms with van der Waals surface area (Å²) in [5.41, 5.74) is 1.01. The molecule has 2 aromatic rings. The number of hydrogen-bond acceptors (Lipinski definition) is 5. The fourth-order valence-electron chi connectivity index (χ4n) is 3.33. The quantitative estimate of drug-likeness (QED) is 0.702. The van der Waals surface area contributed by atoms with Crippen LogP contribution in [0.5, 0.6) is 5.75 Å². The number of carbonyl (C=O) groups is 1. The Labute approximate surface area is 178 Å². The second-order valence-electron chi connectivity index (χ2n) is 6.91. The van der Waals surface area contributed by atoms with Crippen molar-refractivity contribution >= 4 is 16.5 Å². The van der Waals surface area contributed by atoms with Crippen LogP contribution in [0.1, 0.15) is 24.8 Å². The Morgan fingerprint density at radius 1 is 1.07 bits per heavy atom. The van der Waals surface area contributed by atoms with Crippen LogP contribution >= 0.6 is 0 Å². The van der Waals surface area contributed by atoms with Crippen LogP contribution in [0.4, 0.5) is 0 Å². The first-order chi connectivity index (χ1) is 14.5. The lowest BCUT2D eigenvalue weighted by Crippen LogP contribution is -2.41. The maximum atomic E-state index is 11.5. The molecular formula is C22H28NO6S+. The van der Waals surface area contributed by atoms with Crippen LogP contribution in [0.2, 0.25) is 0 Å². The molecule has 162 valence electrons. The van der Waals surface area contributed by atoms with E-state index in [0.29, 0.717) is 19.4 Å². The first-order valence-electron chi connectivity index (χ1n) is 9.82. The number of para-hydroxylation sites is 1. The van der Waals surface area contributed by atoms with Crippen molar-refractivity contribution in [1.29, 1.82) is 0 Å². The highest BCUT2D eigenvalue weighted by atomic mass is 32.2. The van der Waals surface area contributed by atoms with Gasteiger partial charge in [-0.3, -0.25) is 0 Å². The van der Waals surface area contributed by atoms with Gasteiger partial charge in [0.2, 0.25) is 0 Å². The summed E-state index contributed by atoms with van der Waals surface area (Å²) in [6, 6.07) is 18.2. The second-order valence-corrected chi connectivity index (χ2v) is 7.82. The number of benzene rings is 2. The molecule has 0 saturated carbocycles. The van der Waals surface area contributed by atoms with Crippen molar-refractivity contribution in [3.05, 3.63) is 66.2 Å². The zero-order valence-electron chi connectivity index (χ0n) is 17.0. The van der Waals surface area contributed by atoms with E-state index in [4.69, 9.17) is 9.47 Å². The summed E-state index contributed by atoms with van der Waals surface area (Å²) in [6.07, 6.45) is 2.13. The number of carboxylic acid groups (broad SMARTS) is 1. The van der Waals surface area contributed by atoms with Crippen molar-refractivity contribution < 1.29 is 31.7 Å². The van der Waals surface area contributed by atoms with E-state index in [1.165, 1.54) is 0 Å². The van der Waals surface area contributed by atoms with Gasteiger partial charge in [-0.2, -0.15) is 0 Å². The van der Waals surface area contributed by atoms with Crippen molar-refractivity contribution in [2.75, 3.05) is 20.3 Å².